The van der Waals surface area contributed by atoms with Gasteiger partial charge in [-0.3, -0.25) is 0 Å². The van der Waals surface area contributed by atoms with Crippen LogP contribution in [-0.2, 0) is 0 Å². The lowest BCUT2D eigenvalue weighted by atomic mass is 10.1. The van der Waals surface area contributed by atoms with Crippen LogP contribution >= 0.6 is 0 Å². The minimum Gasteiger partial charge on any atom is -0.307 e. The first-order chi connectivity index (χ1) is 9.25. The van der Waals surface area contributed by atoms with Gasteiger partial charge in [-0.05, 0) is 30.2 Å². The zero-order chi connectivity index (χ0) is 13.5. The normalized spacial score (nSPS) is 10.4. The molecule has 4 heteroatoms. The standard InChI is InChI=1S/C15H15N3O/c1-12-7-5-6-8-13(12)11-16-18-15(19)17-14-9-3-2-4-10-14/h2-11H,1H3,(H2,17,18,19)/b16-11+. The maximum absolute atomic E-state index is 11.6. The molecular weight excluding hydrogens is 238 g/mol. The summed E-state index contributed by atoms with van der Waals surface area (Å²) in [6, 6.07) is 16.7. The Morgan fingerprint density at radius 1 is 1.05 bits per heavy atom. The van der Waals surface area contributed by atoms with E-state index in [1.807, 2.05) is 61.5 Å². The molecule has 0 aliphatic carbocycles. The van der Waals surface area contributed by atoms with Crippen LogP contribution in [0.5, 0.6) is 0 Å². The van der Waals surface area contributed by atoms with Crippen LogP contribution in [0.15, 0.2) is 59.7 Å². The summed E-state index contributed by atoms with van der Waals surface area (Å²) >= 11 is 0. The molecule has 2 aromatic carbocycles. The number of benzene rings is 2. The number of hydrazone groups is 1. The van der Waals surface area contributed by atoms with Gasteiger partial charge in [0.2, 0.25) is 0 Å². The molecular formula is C15H15N3O. The highest BCUT2D eigenvalue weighted by molar-refractivity contribution is 5.90. The summed E-state index contributed by atoms with van der Waals surface area (Å²) in [7, 11) is 0. The van der Waals surface area contributed by atoms with E-state index >= 15 is 0 Å². The van der Waals surface area contributed by atoms with Crippen LogP contribution in [0.25, 0.3) is 0 Å². The van der Waals surface area contributed by atoms with Crippen molar-refractivity contribution >= 4 is 17.9 Å². The van der Waals surface area contributed by atoms with Gasteiger partial charge in [0.25, 0.3) is 0 Å². The first kappa shape index (κ1) is 12.8. The van der Waals surface area contributed by atoms with Crippen LogP contribution in [0.4, 0.5) is 10.5 Å². The summed E-state index contributed by atoms with van der Waals surface area (Å²) in [5, 5.41) is 6.59. The second-order valence-electron chi connectivity index (χ2n) is 4.05. The fourth-order valence-corrected chi connectivity index (χ4v) is 1.57. The Morgan fingerprint density at radius 3 is 2.47 bits per heavy atom. The molecule has 4 nitrogen and oxygen atoms in total. The van der Waals surface area contributed by atoms with E-state index in [0.29, 0.717) is 0 Å². The fourth-order valence-electron chi connectivity index (χ4n) is 1.57. The Morgan fingerprint density at radius 2 is 1.74 bits per heavy atom. The van der Waals surface area contributed by atoms with Gasteiger partial charge >= 0.3 is 6.03 Å². The van der Waals surface area contributed by atoms with Gasteiger partial charge in [0.05, 0.1) is 6.21 Å². The fraction of sp³-hybridized carbons (Fsp3) is 0.0667. The third kappa shape index (κ3) is 3.96. The summed E-state index contributed by atoms with van der Waals surface area (Å²) in [4.78, 5) is 11.6. The van der Waals surface area contributed by atoms with Crippen molar-refractivity contribution in [3.05, 3.63) is 65.7 Å². The molecule has 0 saturated heterocycles. The summed E-state index contributed by atoms with van der Waals surface area (Å²) in [6.45, 7) is 1.99. The van der Waals surface area contributed by atoms with Crippen LogP contribution in [0.3, 0.4) is 0 Å². The van der Waals surface area contributed by atoms with Crippen molar-refractivity contribution in [1.29, 1.82) is 0 Å². The number of amides is 2. The van der Waals surface area contributed by atoms with E-state index in [9.17, 15) is 4.79 Å². The van der Waals surface area contributed by atoms with E-state index in [4.69, 9.17) is 0 Å². The lowest BCUT2D eigenvalue weighted by molar-refractivity contribution is 0.252. The molecule has 0 spiro atoms. The molecule has 0 aliphatic rings. The van der Waals surface area contributed by atoms with Gasteiger partial charge in [-0.25, -0.2) is 10.2 Å². The topological polar surface area (TPSA) is 53.5 Å². The zero-order valence-electron chi connectivity index (χ0n) is 10.6. The Hall–Kier alpha value is -2.62. The lowest BCUT2D eigenvalue weighted by Gasteiger charge is -2.03. The number of rotatable bonds is 3. The van der Waals surface area contributed by atoms with E-state index < -0.39 is 0 Å². The quantitative estimate of drug-likeness (QED) is 0.640. The van der Waals surface area contributed by atoms with Crippen LogP contribution < -0.4 is 10.7 Å². The summed E-state index contributed by atoms with van der Waals surface area (Å²) in [6.07, 6.45) is 1.62. The Kier molecular flexibility index (Phi) is 4.29. The average Bonchev–Trinajstić information content (AvgIpc) is 2.42. The van der Waals surface area contributed by atoms with E-state index in [1.54, 1.807) is 6.21 Å². The molecule has 0 saturated carbocycles. The predicted molar refractivity (Wildman–Crippen MR) is 77.4 cm³/mol. The molecule has 0 atom stereocenters. The van der Waals surface area contributed by atoms with Gasteiger partial charge in [0.1, 0.15) is 0 Å². The summed E-state index contributed by atoms with van der Waals surface area (Å²) in [5.41, 5.74) is 5.24. The molecule has 0 aliphatic heterocycles. The van der Waals surface area contributed by atoms with Crippen molar-refractivity contribution in [3.8, 4) is 0 Å². The van der Waals surface area contributed by atoms with Gasteiger partial charge in [0, 0.05) is 5.69 Å². The van der Waals surface area contributed by atoms with Crippen LogP contribution in [-0.4, -0.2) is 12.2 Å². The number of aryl methyl sites for hydroxylation is 1. The molecule has 0 unspecified atom stereocenters. The van der Waals surface area contributed by atoms with Crippen LogP contribution in [0, 0.1) is 6.92 Å². The molecule has 19 heavy (non-hydrogen) atoms. The summed E-state index contributed by atoms with van der Waals surface area (Å²) in [5.74, 6) is 0. The number of para-hydroxylation sites is 1. The Labute approximate surface area is 112 Å². The average molecular weight is 253 g/mol. The second-order valence-corrected chi connectivity index (χ2v) is 4.05. The van der Waals surface area contributed by atoms with Gasteiger partial charge < -0.3 is 5.32 Å². The maximum Gasteiger partial charge on any atom is 0.339 e. The number of hydrogen-bond donors (Lipinski definition) is 2. The number of carbonyl (C=O) groups excluding carboxylic acids is 1. The van der Waals surface area contributed by atoms with Crippen molar-refractivity contribution in [2.75, 3.05) is 5.32 Å². The van der Waals surface area contributed by atoms with Crippen molar-refractivity contribution in [2.45, 2.75) is 6.92 Å². The van der Waals surface area contributed by atoms with Crippen molar-refractivity contribution in [3.63, 3.8) is 0 Å². The van der Waals surface area contributed by atoms with Gasteiger partial charge in [-0.15, -0.1) is 0 Å². The van der Waals surface area contributed by atoms with E-state index in [0.717, 1.165) is 16.8 Å². The minimum absolute atomic E-state index is 0.365. The second kappa shape index (κ2) is 6.35. The molecule has 0 fully saturated rings. The van der Waals surface area contributed by atoms with Gasteiger partial charge in [-0.2, -0.15) is 5.10 Å². The third-order valence-electron chi connectivity index (χ3n) is 2.59. The van der Waals surface area contributed by atoms with Crippen molar-refractivity contribution in [1.82, 2.24) is 5.43 Å². The maximum atomic E-state index is 11.6. The largest absolute Gasteiger partial charge is 0.339 e. The number of carbonyl (C=O) groups is 1. The number of nitrogens with one attached hydrogen (secondary N) is 2. The smallest absolute Gasteiger partial charge is 0.307 e. The van der Waals surface area contributed by atoms with E-state index in [2.05, 4.69) is 15.8 Å². The molecule has 2 aromatic rings. The zero-order valence-corrected chi connectivity index (χ0v) is 10.6. The van der Waals surface area contributed by atoms with Crippen LogP contribution in [0.2, 0.25) is 0 Å². The number of nitrogens with zero attached hydrogens (tertiary/aromatic N) is 1. The molecule has 0 heterocycles. The van der Waals surface area contributed by atoms with Crippen LogP contribution in [0.1, 0.15) is 11.1 Å². The first-order valence-electron chi connectivity index (χ1n) is 5.96. The predicted octanol–water partition coefficient (Wildman–Crippen LogP) is 3.15. The highest BCUT2D eigenvalue weighted by Crippen LogP contribution is 2.04. The molecule has 0 aromatic heterocycles. The highest BCUT2D eigenvalue weighted by atomic mass is 16.2. The first-order valence-corrected chi connectivity index (χ1v) is 5.96. The highest BCUT2D eigenvalue weighted by Gasteiger charge is 1.98. The van der Waals surface area contributed by atoms with Crippen molar-refractivity contribution in [2.24, 2.45) is 5.10 Å². The lowest BCUT2D eigenvalue weighted by Crippen LogP contribution is -2.24. The number of hydrogen-bond acceptors (Lipinski definition) is 2. The SMILES string of the molecule is Cc1ccccc1/C=N/NC(=O)Nc1ccccc1. The monoisotopic (exact) mass is 253 g/mol. The Balaban J connectivity index is 1.89. The molecule has 2 N–H and O–H groups in total. The molecule has 96 valence electrons. The van der Waals surface area contributed by atoms with Gasteiger partial charge in [-0.1, -0.05) is 42.5 Å². The minimum atomic E-state index is -0.365. The summed E-state index contributed by atoms with van der Waals surface area (Å²) < 4.78 is 0. The molecule has 0 bridgehead atoms. The van der Waals surface area contributed by atoms with E-state index in [-0.39, 0.29) is 6.03 Å². The number of anilines is 1. The molecule has 0 radical (unpaired) electrons. The molecule has 2 rings (SSSR count). The Bertz CT molecular complexity index is 579. The van der Waals surface area contributed by atoms with E-state index in [1.165, 1.54) is 0 Å². The molecule has 2 amide bonds. The van der Waals surface area contributed by atoms with Gasteiger partial charge in [0.15, 0.2) is 0 Å². The third-order valence-corrected chi connectivity index (χ3v) is 2.59. The number of urea groups is 1. The van der Waals surface area contributed by atoms with Crippen molar-refractivity contribution < 1.29 is 4.79 Å².